The van der Waals surface area contributed by atoms with Crippen LogP contribution in [0.15, 0.2) is 42.7 Å². The van der Waals surface area contributed by atoms with Gasteiger partial charge in [-0.2, -0.15) is 0 Å². The van der Waals surface area contributed by atoms with Crippen molar-refractivity contribution in [2.75, 3.05) is 0 Å². The van der Waals surface area contributed by atoms with Crippen LogP contribution in [0, 0.1) is 0 Å². The minimum Gasteiger partial charge on any atom is -0.385 e. The molecule has 0 bridgehead atoms. The molecule has 102 valence electrons. The summed E-state index contributed by atoms with van der Waals surface area (Å²) in [6.45, 7) is 2.11. The third-order valence-corrected chi connectivity index (χ3v) is 3.66. The standard InChI is InChI=1S/C16H22N2O/c1-3-10-16(19,14-7-5-4-6-8-14)11-9-15-17-12-13-18(15)2/h4-8,12-13,19H,3,9-11H2,1-2H3. The van der Waals surface area contributed by atoms with Gasteiger partial charge in [-0.1, -0.05) is 43.7 Å². The first kappa shape index (κ1) is 13.8. The fourth-order valence-electron chi connectivity index (χ4n) is 2.53. The molecule has 1 N–H and O–H groups in total. The largest absolute Gasteiger partial charge is 0.385 e. The van der Waals surface area contributed by atoms with E-state index in [0.29, 0.717) is 6.42 Å². The minimum atomic E-state index is -0.748. The lowest BCUT2D eigenvalue weighted by molar-refractivity contribution is 0.0173. The number of rotatable bonds is 6. The molecule has 3 nitrogen and oxygen atoms in total. The summed E-state index contributed by atoms with van der Waals surface area (Å²) >= 11 is 0. The minimum absolute atomic E-state index is 0.704. The van der Waals surface area contributed by atoms with Crippen LogP contribution in [0.5, 0.6) is 0 Å². The Bertz CT molecular complexity index is 506. The smallest absolute Gasteiger partial charge is 0.108 e. The summed E-state index contributed by atoms with van der Waals surface area (Å²) in [4.78, 5) is 4.32. The first-order valence-corrected chi connectivity index (χ1v) is 6.90. The Morgan fingerprint density at radius 2 is 1.95 bits per heavy atom. The van der Waals surface area contributed by atoms with E-state index in [1.165, 1.54) is 0 Å². The number of aliphatic hydroxyl groups is 1. The molecule has 1 unspecified atom stereocenters. The van der Waals surface area contributed by atoms with E-state index in [1.807, 2.05) is 48.1 Å². The molecule has 2 aromatic rings. The number of hydrogen-bond donors (Lipinski definition) is 1. The molecule has 0 saturated carbocycles. The molecule has 0 aliphatic rings. The van der Waals surface area contributed by atoms with Gasteiger partial charge in [-0.05, 0) is 18.4 Å². The Labute approximate surface area is 114 Å². The zero-order valence-electron chi connectivity index (χ0n) is 11.7. The van der Waals surface area contributed by atoms with Crippen LogP contribution in [0.4, 0.5) is 0 Å². The maximum Gasteiger partial charge on any atom is 0.108 e. The van der Waals surface area contributed by atoms with Gasteiger partial charge >= 0.3 is 0 Å². The third-order valence-electron chi connectivity index (χ3n) is 3.66. The number of imidazole rings is 1. The van der Waals surface area contributed by atoms with Crippen molar-refractivity contribution >= 4 is 0 Å². The second-order valence-corrected chi connectivity index (χ2v) is 5.10. The summed E-state index contributed by atoms with van der Waals surface area (Å²) in [5.41, 5.74) is 0.258. The van der Waals surface area contributed by atoms with Crippen LogP contribution in [-0.2, 0) is 19.1 Å². The molecular formula is C16H22N2O. The van der Waals surface area contributed by atoms with Gasteiger partial charge in [0.05, 0.1) is 5.60 Å². The zero-order valence-corrected chi connectivity index (χ0v) is 11.7. The molecule has 0 amide bonds. The van der Waals surface area contributed by atoms with E-state index in [2.05, 4.69) is 11.9 Å². The lowest BCUT2D eigenvalue weighted by Gasteiger charge is -2.28. The predicted octanol–water partition coefficient (Wildman–Crippen LogP) is 3.04. The van der Waals surface area contributed by atoms with Gasteiger partial charge in [0, 0.05) is 25.9 Å². The van der Waals surface area contributed by atoms with Crippen molar-refractivity contribution in [1.29, 1.82) is 0 Å². The monoisotopic (exact) mass is 258 g/mol. The number of benzene rings is 1. The Morgan fingerprint density at radius 3 is 2.53 bits per heavy atom. The van der Waals surface area contributed by atoms with Gasteiger partial charge in [-0.15, -0.1) is 0 Å². The van der Waals surface area contributed by atoms with Crippen molar-refractivity contribution in [1.82, 2.24) is 9.55 Å². The van der Waals surface area contributed by atoms with Gasteiger partial charge in [0.25, 0.3) is 0 Å². The number of aryl methyl sites for hydroxylation is 2. The molecule has 0 aliphatic heterocycles. The van der Waals surface area contributed by atoms with E-state index in [0.717, 1.165) is 30.7 Å². The molecule has 0 fully saturated rings. The lowest BCUT2D eigenvalue weighted by Crippen LogP contribution is -2.26. The third kappa shape index (κ3) is 3.24. The first-order valence-electron chi connectivity index (χ1n) is 6.90. The normalized spacial score (nSPS) is 14.3. The van der Waals surface area contributed by atoms with Gasteiger partial charge in [0.2, 0.25) is 0 Å². The quantitative estimate of drug-likeness (QED) is 0.865. The molecule has 1 atom stereocenters. The van der Waals surface area contributed by atoms with Crippen LogP contribution in [0.3, 0.4) is 0 Å². The Hall–Kier alpha value is -1.61. The van der Waals surface area contributed by atoms with Gasteiger partial charge in [0.15, 0.2) is 0 Å². The van der Waals surface area contributed by atoms with E-state index < -0.39 is 5.60 Å². The summed E-state index contributed by atoms with van der Waals surface area (Å²) in [5.74, 6) is 1.02. The molecule has 2 rings (SSSR count). The van der Waals surface area contributed by atoms with E-state index in [1.54, 1.807) is 6.20 Å². The number of hydrogen-bond acceptors (Lipinski definition) is 2. The SMILES string of the molecule is CCCC(O)(CCc1nccn1C)c1ccccc1. The number of aromatic nitrogens is 2. The topological polar surface area (TPSA) is 38.1 Å². The molecule has 19 heavy (non-hydrogen) atoms. The summed E-state index contributed by atoms with van der Waals surface area (Å²) in [6, 6.07) is 9.96. The zero-order chi connectivity index (χ0) is 13.7. The van der Waals surface area contributed by atoms with Crippen molar-refractivity contribution in [3.8, 4) is 0 Å². The molecule has 0 radical (unpaired) electrons. The van der Waals surface area contributed by atoms with Gasteiger partial charge in [-0.25, -0.2) is 4.98 Å². The fourth-order valence-corrected chi connectivity index (χ4v) is 2.53. The summed E-state index contributed by atoms with van der Waals surface area (Å²) in [6.07, 6.45) is 6.98. The average molecular weight is 258 g/mol. The summed E-state index contributed by atoms with van der Waals surface area (Å²) in [7, 11) is 1.99. The van der Waals surface area contributed by atoms with Gasteiger partial charge in [-0.3, -0.25) is 0 Å². The molecule has 1 aromatic heterocycles. The fraction of sp³-hybridized carbons (Fsp3) is 0.438. The second-order valence-electron chi connectivity index (χ2n) is 5.10. The summed E-state index contributed by atoms with van der Waals surface area (Å²) in [5, 5.41) is 10.9. The molecule has 0 spiro atoms. The van der Waals surface area contributed by atoms with E-state index in [-0.39, 0.29) is 0 Å². The Morgan fingerprint density at radius 1 is 1.21 bits per heavy atom. The van der Waals surface area contributed by atoms with Crippen molar-refractivity contribution < 1.29 is 5.11 Å². The second kappa shape index (κ2) is 6.02. The first-order chi connectivity index (χ1) is 9.15. The Balaban J connectivity index is 2.14. The van der Waals surface area contributed by atoms with Crippen LogP contribution in [-0.4, -0.2) is 14.7 Å². The van der Waals surface area contributed by atoms with Crippen molar-refractivity contribution in [3.63, 3.8) is 0 Å². The van der Waals surface area contributed by atoms with Crippen molar-refractivity contribution in [2.45, 2.75) is 38.2 Å². The molecule has 3 heteroatoms. The van der Waals surface area contributed by atoms with E-state index in [4.69, 9.17) is 0 Å². The van der Waals surface area contributed by atoms with Crippen LogP contribution >= 0.6 is 0 Å². The molecule has 0 saturated heterocycles. The van der Waals surface area contributed by atoms with Gasteiger partial charge < -0.3 is 9.67 Å². The van der Waals surface area contributed by atoms with Crippen LogP contribution in [0.25, 0.3) is 0 Å². The van der Waals surface area contributed by atoms with Crippen LogP contribution in [0.2, 0.25) is 0 Å². The van der Waals surface area contributed by atoms with E-state index >= 15 is 0 Å². The van der Waals surface area contributed by atoms with Crippen LogP contribution in [0.1, 0.15) is 37.6 Å². The highest BCUT2D eigenvalue weighted by molar-refractivity contribution is 5.22. The number of nitrogens with zero attached hydrogens (tertiary/aromatic N) is 2. The molecule has 1 heterocycles. The molecule has 1 aromatic carbocycles. The highest BCUT2D eigenvalue weighted by Crippen LogP contribution is 2.31. The highest BCUT2D eigenvalue weighted by Gasteiger charge is 2.28. The average Bonchev–Trinajstić information content (AvgIpc) is 2.83. The lowest BCUT2D eigenvalue weighted by atomic mass is 9.85. The molecular weight excluding hydrogens is 236 g/mol. The Kier molecular flexibility index (Phi) is 4.38. The molecule has 0 aliphatic carbocycles. The van der Waals surface area contributed by atoms with E-state index in [9.17, 15) is 5.11 Å². The maximum atomic E-state index is 10.9. The summed E-state index contributed by atoms with van der Waals surface area (Å²) < 4.78 is 2.01. The maximum absolute atomic E-state index is 10.9. The van der Waals surface area contributed by atoms with Gasteiger partial charge in [0.1, 0.15) is 5.82 Å². The van der Waals surface area contributed by atoms with Crippen molar-refractivity contribution in [3.05, 3.63) is 54.1 Å². The highest BCUT2D eigenvalue weighted by atomic mass is 16.3. The van der Waals surface area contributed by atoms with Crippen LogP contribution < -0.4 is 0 Å². The predicted molar refractivity (Wildman–Crippen MR) is 76.8 cm³/mol. The van der Waals surface area contributed by atoms with Crippen molar-refractivity contribution in [2.24, 2.45) is 7.05 Å².